The molecule has 0 radical (unpaired) electrons. The van der Waals surface area contributed by atoms with E-state index < -0.39 is 25.0 Å². The predicted molar refractivity (Wildman–Crippen MR) is 61.6 cm³/mol. The molecule has 21 heavy (non-hydrogen) atoms. The van der Waals surface area contributed by atoms with Gasteiger partial charge in [-0.3, -0.25) is 0 Å². The van der Waals surface area contributed by atoms with E-state index in [0.717, 1.165) is 0 Å². The number of aryl methyl sites for hydroxylation is 1. The van der Waals surface area contributed by atoms with Crippen molar-refractivity contribution in [3.8, 4) is 11.5 Å². The zero-order valence-corrected chi connectivity index (χ0v) is 16.0. The van der Waals surface area contributed by atoms with E-state index in [1.54, 1.807) is 6.07 Å². The van der Waals surface area contributed by atoms with Crippen molar-refractivity contribution in [2.45, 2.75) is 12.7 Å². The molecule has 0 saturated carbocycles. The molecule has 1 aromatic carbocycles. The van der Waals surface area contributed by atoms with Gasteiger partial charge < -0.3 is 29.3 Å². The molecule has 1 aliphatic rings. The molecule has 0 atom stereocenters. The van der Waals surface area contributed by atoms with Crippen LogP contribution in [0.1, 0.15) is 15.9 Å². The second kappa shape index (κ2) is 8.74. The van der Waals surface area contributed by atoms with Gasteiger partial charge in [0, 0.05) is 0 Å². The Labute approximate surface area is 165 Å². The van der Waals surface area contributed by atoms with Crippen molar-refractivity contribution in [2.24, 2.45) is 0 Å². The second-order valence-electron chi connectivity index (χ2n) is 4.27. The average Bonchev–Trinajstić information content (AvgIpc) is 2.33. The van der Waals surface area contributed by atoms with Crippen molar-refractivity contribution in [1.82, 2.24) is 0 Å². The van der Waals surface area contributed by atoms with Crippen LogP contribution in [0.25, 0.3) is 0 Å². The quantitative estimate of drug-likeness (QED) is 0.536. The van der Waals surface area contributed by atoms with Crippen molar-refractivity contribution in [2.75, 3.05) is 13.3 Å². The molecule has 0 aliphatic carbocycles. The Kier molecular flexibility index (Phi) is 8.82. The van der Waals surface area contributed by atoms with Crippen LogP contribution in [0.2, 0.25) is 6.32 Å². The summed E-state index contributed by atoms with van der Waals surface area (Å²) < 4.78 is 21.9. The van der Waals surface area contributed by atoms with Crippen LogP contribution in [0, 0.1) is 0 Å². The van der Waals surface area contributed by atoms with Crippen LogP contribution in [-0.2, 0) is 6.42 Å². The van der Waals surface area contributed by atoms with Crippen LogP contribution in [0.15, 0.2) is 12.1 Å². The number of carbonyl (C=O) groups is 1. The van der Waals surface area contributed by atoms with E-state index in [4.69, 9.17) is 9.39 Å². The Balaban J connectivity index is 0.00000200. The SMILES string of the molecule is O=C([O-])c1c(OCCF)ccc2c1O[B-](O)(O)CC2.[Na+].[Na+]. The van der Waals surface area contributed by atoms with E-state index in [2.05, 4.69) is 0 Å². The minimum absolute atomic E-state index is 0. The molecule has 10 heteroatoms. The molecule has 2 rings (SSSR count). The molecule has 2 N–H and O–H groups in total. The van der Waals surface area contributed by atoms with Crippen molar-refractivity contribution < 1.29 is 92.8 Å². The summed E-state index contributed by atoms with van der Waals surface area (Å²) >= 11 is 0. The molecule has 0 aromatic heterocycles. The van der Waals surface area contributed by atoms with Gasteiger partial charge in [0.15, 0.2) is 0 Å². The summed E-state index contributed by atoms with van der Waals surface area (Å²) in [5.74, 6) is -1.89. The smallest absolute Gasteiger partial charge is 0.669 e. The molecule has 0 fully saturated rings. The zero-order valence-electron chi connectivity index (χ0n) is 12.0. The van der Waals surface area contributed by atoms with Crippen molar-refractivity contribution >= 4 is 12.7 Å². The first-order valence-corrected chi connectivity index (χ1v) is 5.80. The maximum atomic E-state index is 12.1. The number of aromatic carboxylic acids is 1. The number of benzene rings is 1. The number of fused-ring (bicyclic) bond motifs is 1. The van der Waals surface area contributed by atoms with E-state index in [1.165, 1.54) is 6.07 Å². The van der Waals surface area contributed by atoms with Gasteiger partial charge in [0.2, 0.25) is 0 Å². The van der Waals surface area contributed by atoms with Gasteiger partial charge in [0.1, 0.15) is 19.0 Å². The third-order valence-corrected chi connectivity index (χ3v) is 2.84. The molecule has 1 aromatic rings. The first-order chi connectivity index (χ1) is 8.94. The van der Waals surface area contributed by atoms with Crippen molar-refractivity contribution in [3.05, 3.63) is 23.3 Å². The van der Waals surface area contributed by atoms with Gasteiger partial charge in [-0.15, -0.1) is 0 Å². The third kappa shape index (κ3) is 5.11. The Morgan fingerprint density at radius 3 is 2.67 bits per heavy atom. The fourth-order valence-corrected chi connectivity index (χ4v) is 1.99. The minimum atomic E-state index is -3.09. The number of rotatable bonds is 4. The number of hydrogen-bond donors (Lipinski definition) is 2. The summed E-state index contributed by atoms with van der Waals surface area (Å²) in [5, 5.41) is 30.1. The summed E-state index contributed by atoms with van der Waals surface area (Å²) in [4.78, 5) is 11.1. The van der Waals surface area contributed by atoms with Crippen LogP contribution >= 0.6 is 0 Å². The number of hydrogen-bond acceptors (Lipinski definition) is 6. The van der Waals surface area contributed by atoms with Crippen molar-refractivity contribution in [1.29, 1.82) is 0 Å². The molecule has 0 spiro atoms. The molecule has 6 nitrogen and oxygen atoms in total. The number of ether oxygens (including phenoxy) is 1. The topological polar surface area (TPSA) is 99.1 Å². The van der Waals surface area contributed by atoms with Gasteiger partial charge in [-0.2, -0.15) is 0 Å². The van der Waals surface area contributed by atoms with Crippen molar-refractivity contribution in [3.63, 3.8) is 0 Å². The first-order valence-electron chi connectivity index (χ1n) is 5.80. The van der Waals surface area contributed by atoms with Gasteiger partial charge in [-0.1, -0.05) is 12.4 Å². The van der Waals surface area contributed by atoms with Crippen LogP contribution in [-0.4, -0.2) is 36.1 Å². The molecule has 0 saturated heterocycles. The van der Waals surface area contributed by atoms with E-state index >= 15 is 0 Å². The number of carboxylic acids is 1. The maximum Gasteiger partial charge on any atom is 1.00 e. The molecular formula is C11H12BFNa2O6. The summed E-state index contributed by atoms with van der Waals surface area (Å²) in [6.45, 7) is -4.18. The summed E-state index contributed by atoms with van der Waals surface area (Å²) in [5.41, 5.74) is 0.0763. The standard InChI is InChI=1S/C11H13BFO6.2Na/c13-5-6-18-8-2-1-7-3-4-12(16,17)19-10(7)9(8)11(14)15;;/h1-2,16-17H,3-6H2,(H,14,15);;/q-1;2*+1/p-1. The summed E-state index contributed by atoms with van der Waals surface area (Å²) in [7, 11) is 0. The van der Waals surface area contributed by atoms with Gasteiger partial charge in [0.05, 0.1) is 17.3 Å². The van der Waals surface area contributed by atoms with E-state index in [1.807, 2.05) is 0 Å². The fourth-order valence-electron chi connectivity index (χ4n) is 1.99. The fraction of sp³-hybridized carbons (Fsp3) is 0.364. The maximum absolute atomic E-state index is 12.1. The number of carboxylic acid groups (broad SMARTS) is 1. The zero-order chi connectivity index (χ0) is 14.0. The van der Waals surface area contributed by atoms with Crippen LogP contribution in [0.5, 0.6) is 11.5 Å². The predicted octanol–water partition coefficient (Wildman–Crippen LogP) is -6.74. The molecule has 0 bridgehead atoms. The Morgan fingerprint density at radius 2 is 2.10 bits per heavy atom. The third-order valence-electron chi connectivity index (χ3n) is 2.84. The van der Waals surface area contributed by atoms with Crippen LogP contribution < -0.4 is 73.6 Å². The summed E-state index contributed by atoms with van der Waals surface area (Å²) in [6.07, 6.45) is 0.232. The van der Waals surface area contributed by atoms with Gasteiger partial charge in [-0.25, -0.2) is 4.39 Å². The molecular weight excluding hydrogens is 304 g/mol. The largest absolute Gasteiger partial charge is 1.00 e. The monoisotopic (exact) mass is 316 g/mol. The minimum Gasteiger partial charge on any atom is -0.669 e. The second-order valence-corrected chi connectivity index (χ2v) is 4.27. The molecule has 1 aliphatic heterocycles. The van der Waals surface area contributed by atoms with Gasteiger partial charge in [-0.05, 0) is 18.1 Å². The Morgan fingerprint density at radius 1 is 1.43 bits per heavy atom. The first kappa shape index (κ1) is 21.2. The number of carbonyl (C=O) groups excluding carboxylic acids is 1. The Hall–Kier alpha value is 0.205. The van der Waals surface area contributed by atoms with Crippen LogP contribution in [0.4, 0.5) is 4.39 Å². The van der Waals surface area contributed by atoms with Crippen LogP contribution in [0.3, 0.4) is 0 Å². The normalized spacial score (nSPS) is 14.8. The van der Waals surface area contributed by atoms with E-state index in [9.17, 15) is 24.3 Å². The summed E-state index contributed by atoms with van der Waals surface area (Å²) in [6, 6.07) is 2.92. The average molecular weight is 316 g/mol. The number of halogens is 1. The van der Waals surface area contributed by atoms with Gasteiger partial charge >= 0.3 is 65.9 Å². The van der Waals surface area contributed by atoms with Gasteiger partial charge in [0.25, 0.3) is 0 Å². The number of alkyl halides is 1. The molecule has 0 amide bonds. The molecule has 1 heterocycles. The van der Waals surface area contributed by atoms with E-state index in [-0.39, 0.29) is 90.0 Å². The van der Waals surface area contributed by atoms with E-state index in [0.29, 0.717) is 5.56 Å². The molecule has 0 unspecified atom stereocenters. The Bertz CT molecular complexity index is 514. The molecule has 104 valence electrons.